The molecule has 5 rings (SSSR count). The lowest BCUT2D eigenvalue weighted by Crippen LogP contribution is -2.38. The van der Waals surface area contributed by atoms with Gasteiger partial charge in [-0.2, -0.15) is 5.26 Å². The summed E-state index contributed by atoms with van der Waals surface area (Å²) in [6.07, 6.45) is 11.0. The molecule has 1 atom stereocenters. The van der Waals surface area contributed by atoms with E-state index in [1.165, 1.54) is 19.0 Å². The van der Waals surface area contributed by atoms with Crippen LogP contribution >= 0.6 is 0 Å². The van der Waals surface area contributed by atoms with Gasteiger partial charge in [-0.25, -0.2) is 9.37 Å². The van der Waals surface area contributed by atoms with Crippen LogP contribution in [0.1, 0.15) is 57.1 Å². The van der Waals surface area contributed by atoms with Gasteiger partial charge in [0.25, 0.3) is 0 Å². The van der Waals surface area contributed by atoms with Gasteiger partial charge in [0, 0.05) is 50.2 Å². The Morgan fingerprint density at radius 1 is 1.11 bits per heavy atom. The predicted octanol–water partition coefficient (Wildman–Crippen LogP) is 4.88. The summed E-state index contributed by atoms with van der Waals surface area (Å²) in [4.78, 5) is 9.07. The second-order valence-corrected chi connectivity index (χ2v) is 10.9. The Balaban J connectivity index is 1.17. The van der Waals surface area contributed by atoms with Gasteiger partial charge < -0.3 is 20.1 Å². The van der Waals surface area contributed by atoms with Crippen molar-refractivity contribution < 1.29 is 13.9 Å². The summed E-state index contributed by atoms with van der Waals surface area (Å²) in [7, 11) is 0. The predicted molar refractivity (Wildman–Crippen MR) is 140 cm³/mol. The van der Waals surface area contributed by atoms with Gasteiger partial charge in [0.15, 0.2) is 5.82 Å². The van der Waals surface area contributed by atoms with Crippen molar-refractivity contribution in [2.45, 2.75) is 69.9 Å². The molecule has 37 heavy (non-hydrogen) atoms. The van der Waals surface area contributed by atoms with Gasteiger partial charge in [0.2, 0.25) is 0 Å². The zero-order valence-corrected chi connectivity index (χ0v) is 21.6. The molecule has 0 bridgehead atoms. The van der Waals surface area contributed by atoms with Crippen LogP contribution in [0.2, 0.25) is 0 Å². The monoisotopic (exact) mass is 507 g/mol. The summed E-state index contributed by atoms with van der Waals surface area (Å²) in [5.41, 5.74) is 1.51. The topological polar surface area (TPSA) is 92.1 Å². The second kappa shape index (κ2) is 12.3. The third kappa shape index (κ3) is 6.84. The van der Waals surface area contributed by atoms with E-state index in [-0.39, 0.29) is 5.82 Å². The number of hydrogen-bond donors (Lipinski definition) is 2. The van der Waals surface area contributed by atoms with Gasteiger partial charge in [-0.1, -0.05) is 6.07 Å². The molecule has 2 saturated heterocycles. The van der Waals surface area contributed by atoms with Crippen molar-refractivity contribution in [3.8, 4) is 17.3 Å². The minimum atomic E-state index is -0.455. The second-order valence-electron chi connectivity index (χ2n) is 10.9. The first kappa shape index (κ1) is 26.0. The number of rotatable bonds is 9. The summed E-state index contributed by atoms with van der Waals surface area (Å²) < 4.78 is 26.0. The first-order valence-electron chi connectivity index (χ1n) is 13.8. The summed E-state index contributed by atoms with van der Waals surface area (Å²) in [5, 5.41) is 16.7. The van der Waals surface area contributed by atoms with Gasteiger partial charge in [-0.05, 0) is 81.9 Å². The Kier molecular flexibility index (Phi) is 8.65. The molecule has 2 aliphatic heterocycles. The molecule has 0 radical (unpaired) electrons. The smallest absolute Gasteiger partial charge is 0.150 e. The Morgan fingerprint density at radius 3 is 2.70 bits per heavy atom. The third-order valence-corrected chi connectivity index (χ3v) is 8.23. The van der Waals surface area contributed by atoms with E-state index < -0.39 is 5.41 Å². The van der Waals surface area contributed by atoms with Crippen molar-refractivity contribution in [3.05, 3.63) is 42.0 Å². The first-order chi connectivity index (χ1) is 18.1. The van der Waals surface area contributed by atoms with E-state index in [0.29, 0.717) is 67.7 Å². The number of anilines is 1. The van der Waals surface area contributed by atoms with Gasteiger partial charge in [0.05, 0.1) is 29.5 Å². The molecule has 1 saturated carbocycles. The van der Waals surface area contributed by atoms with Gasteiger partial charge in [-0.3, -0.25) is 4.98 Å². The number of pyridine rings is 2. The molecule has 1 aliphatic carbocycles. The van der Waals surface area contributed by atoms with Crippen LogP contribution in [-0.4, -0.2) is 55.0 Å². The molecule has 3 fully saturated rings. The number of nitriles is 1. The molecular formula is C29H38FN5O2. The minimum absolute atomic E-state index is 0.367. The molecule has 0 amide bonds. The van der Waals surface area contributed by atoms with Gasteiger partial charge in [0.1, 0.15) is 5.82 Å². The SMILES string of the molecule is N#CC1(CNc2cccc(-c3cc(CC4CCC(NCC5CCCO5)CC4)ncc3F)n2)CCOCC1. The molecule has 2 N–H and O–H groups in total. The number of hydrogen-bond acceptors (Lipinski definition) is 7. The molecule has 4 heterocycles. The fourth-order valence-corrected chi connectivity index (χ4v) is 5.79. The molecule has 0 spiro atoms. The maximum Gasteiger partial charge on any atom is 0.150 e. The fourth-order valence-electron chi connectivity index (χ4n) is 5.79. The molecule has 8 heteroatoms. The van der Waals surface area contributed by atoms with Crippen molar-refractivity contribution in [1.82, 2.24) is 15.3 Å². The highest BCUT2D eigenvalue weighted by Crippen LogP contribution is 2.31. The highest BCUT2D eigenvalue weighted by molar-refractivity contribution is 5.62. The van der Waals surface area contributed by atoms with Crippen molar-refractivity contribution in [2.24, 2.45) is 11.3 Å². The van der Waals surface area contributed by atoms with Crippen LogP contribution in [0.25, 0.3) is 11.3 Å². The molecule has 7 nitrogen and oxygen atoms in total. The van der Waals surface area contributed by atoms with E-state index in [9.17, 15) is 9.65 Å². The zero-order valence-electron chi connectivity index (χ0n) is 21.6. The molecular weight excluding hydrogens is 469 g/mol. The van der Waals surface area contributed by atoms with E-state index >= 15 is 0 Å². The number of ether oxygens (including phenoxy) is 2. The summed E-state index contributed by atoms with van der Waals surface area (Å²) >= 11 is 0. The Morgan fingerprint density at radius 2 is 1.95 bits per heavy atom. The van der Waals surface area contributed by atoms with Crippen molar-refractivity contribution in [1.29, 1.82) is 5.26 Å². The number of halogens is 1. The van der Waals surface area contributed by atoms with E-state index in [1.807, 2.05) is 24.3 Å². The van der Waals surface area contributed by atoms with Crippen LogP contribution < -0.4 is 10.6 Å². The van der Waals surface area contributed by atoms with Crippen LogP contribution in [0.15, 0.2) is 30.5 Å². The van der Waals surface area contributed by atoms with Crippen LogP contribution in [0.4, 0.5) is 10.2 Å². The van der Waals surface area contributed by atoms with Crippen LogP contribution in [0.3, 0.4) is 0 Å². The lowest BCUT2D eigenvalue weighted by molar-refractivity contribution is 0.0455. The third-order valence-electron chi connectivity index (χ3n) is 8.23. The van der Waals surface area contributed by atoms with Crippen molar-refractivity contribution in [3.63, 3.8) is 0 Å². The Bertz CT molecular complexity index is 1070. The maximum atomic E-state index is 14.8. The number of nitrogens with zero attached hydrogens (tertiary/aromatic N) is 3. The summed E-state index contributed by atoms with van der Waals surface area (Å²) in [6, 6.07) is 10.5. The number of aromatic nitrogens is 2. The van der Waals surface area contributed by atoms with Gasteiger partial charge in [-0.15, -0.1) is 0 Å². The Hall–Kier alpha value is -2.60. The standard InChI is InChI=1S/C29H38FN5O2/c30-26-18-33-23(15-21-6-8-22(9-7-21)32-17-24-3-2-12-37-24)16-25(26)27-4-1-5-28(35-27)34-20-29(19-31)10-13-36-14-11-29/h1,4-5,16,18,21-22,24,32H,2-3,6-15,17,20H2,(H,34,35). The first-order valence-corrected chi connectivity index (χ1v) is 13.8. The normalized spacial score (nSPS) is 25.5. The highest BCUT2D eigenvalue weighted by atomic mass is 19.1. The average Bonchev–Trinajstić information content (AvgIpc) is 3.47. The lowest BCUT2D eigenvalue weighted by Gasteiger charge is -2.30. The quantitative estimate of drug-likeness (QED) is 0.500. The van der Waals surface area contributed by atoms with Gasteiger partial charge >= 0.3 is 0 Å². The maximum absolute atomic E-state index is 14.8. The molecule has 2 aromatic heterocycles. The molecule has 0 aromatic carbocycles. The van der Waals surface area contributed by atoms with Crippen LogP contribution in [0.5, 0.6) is 0 Å². The largest absolute Gasteiger partial charge is 0.381 e. The summed E-state index contributed by atoms with van der Waals surface area (Å²) in [6.45, 7) is 3.56. The molecule has 2 aromatic rings. The minimum Gasteiger partial charge on any atom is -0.381 e. The van der Waals surface area contributed by atoms with E-state index in [0.717, 1.165) is 50.9 Å². The van der Waals surface area contributed by atoms with E-state index in [2.05, 4.69) is 26.7 Å². The number of nitrogens with one attached hydrogen (secondary N) is 2. The highest BCUT2D eigenvalue weighted by Gasteiger charge is 2.32. The molecule has 198 valence electrons. The van der Waals surface area contributed by atoms with Crippen molar-refractivity contribution >= 4 is 5.82 Å². The van der Waals surface area contributed by atoms with Crippen molar-refractivity contribution in [2.75, 3.05) is 38.2 Å². The zero-order chi connectivity index (χ0) is 25.5. The van der Waals surface area contributed by atoms with E-state index in [1.54, 1.807) is 0 Å². The summed E-state index contributed by atoms with van der Waals surface area (Å²) in [5.74, 6) is 0.841. The van der Waals surface area contributed by atoms with Crippen LogP contribution in [0, 0.1) is 28.5 Å². The van der Waals surface area contributed by atoms with Crippen LogP contribution in [-0.2, 0) is 15.9 Å². The molecule has 3 aliphatic rings. The average molecular weight is 508 g/mol. The fraction of sp³-hybridized carbons (Fsp3) is 0.621. The van der Waals surface area contributed by atoms with E-state index in [4.69, 9.17) is 9.47 Å². The molecule has 1 unspecified atom stereocenters. The lowest BCUT2D eigenvalue weighted by atomic mass is 9.82. The Labute approximate surface area is 219 Å².